The van der Waals surface area contributed by atoms with Gasteiger partial charge in [-0.15, -0.1) is 0 Å². The maximum absolute atomic E-state index is 14.9. The van der Waals surface area contributed by atoms with E-state index in [1.54, 1.807) is 0 Å². The standard InChI is InChI=1S/C42H46N4O2/c1-32-26-40(42(48)45-25-24-43(29-34-14-7-3-8-15-34)30-39(45)27-33-12-5-2-6-13-33)41(36-16-9-4-10-17-36)46(32)38-19-11-18-37(28-38)44-22-20-35(31-47)21-23-44/h2-19,26,28,35,39,47H,20-25,27,29-31H2,1H3/t39-/m1/s1. The molecule has 7 rings (SSSR count). The zero-order chi connectivity index (χ0) is 32.9. The molecule has 1 N–H and O–H groups in total. The molecule has 0 radical (unpaired) electrons. The van der Waals surface area contributed by atoms with Gasteiger partial charge in [-0.1, -0.05) is 97.1 Å². The quantitative estimate of drug-likeness (QED) is 0.185. The first kappa shape index (κ1) is 31.9. The number of carbonyl (C=O) groups is 1. The summed E-state index contributed by atoms with van der Waals surface area (Å²) >= 11 is 0. The van der Waals surface area contributed by atoms with Crippen LogP contribution in [0.2, 0.25) is 0 Å². The van der Waals surface area contributed by atoms with Crippen LogP contribution in [0.5, 0.6) is 0 Å². The van der Waals surface area contributed by atoms with E-state index in [4.69, 9.17) is 0 Å². The van der Waals surface area contributed by atoms with E-state index in [2.05, 4.69) is 141 Å². The van der Waals surface area contributed by atoms with E-state index in [0.29, 0.717) is 12.5 Å². The maximum atomic E-state index is 14.9. The third-order valence-electron chi connectivity index (χ3n) is 10.2. The van der Waals surface area contributed by atoms with E-state index in [-0.39, 0.29) is 18.6 Å². The molecule has 0 unspecified atom stereocenters. The smallest absolute Gasteiger partial charge is 0.256 e. The molecule has 0 saturated carbocycles. The lowest BCUT2D eigenvalue weighted by Gasteiger charge is -2.42. The van der Waals surface area contributed by atoms with Gasteiger partial charge in [0.2, 0.25) is 0 Å². The highest BCUT2D eigenvalue weighted by atomic mass is 16.3. The number of aryl methyl sites for hydroxylation is 1. The molecule has 246 valence electrons. The third-order valence-corrected chi connectivity index (χ3v) is 10.2. The summed E-state index contributed by atoms with van der Waals surface area (Å²) in [6.07, 6.45) is 2.81. The number of aliphatic hydroxyl groups excluding tert-OH is 1. The van der Waals surface area contributed by atoms with E-state index in [0.717, 1.165) is 80.2 Å². The van der Waals surface area contributed by atoms with E-state index < -0.39 is 0 Å². The summed E-state index contributed by atoms with van der Waals surface area (Å²) in [6, 6.07) is 42.5. The molecule has 0 spiro atoms. The van der Waals surface area contributed by atoms with Crippen molar-refractivity contribution in [2.24, 2.45) is 5.92 Å². The van der Waals surface area contributed by atoms with Crippen molar-refractivity contribution < 1.29 is 9.90 Å². The Balaban J connectivity index is 1.23. The van der Waals surface area contributed by atoms with Crippen molar-refractivity contribution in [1.29, 1.82) is 0 Å². The average Bonchev–Trinajstić information content (AvgIpc) is 3.49. The number of nitrogens with zero attached hydrogens (tertiary/aromatic N) is 4. The van der Waals surface area contributed by atoms with Crippen LogP contribution in [0.15, 0.2) is 121 Å². The van der Waals surface area contributed by atoms with Crippen LogP contribution in [0.4, 0.5) is 5.69 Å². The van der Waals surface area contributed by atoms with Gasteiger partial charge in [0, 0.05) is 69.0 Å². The first-order chi connectivity index (χ1) is 23.6. The van der Waals surface area contributed by atoms with Crippen molar-refractivity contribution in [3.8, 4) is 16.9 Å². The number of aliphatic hydroxyl groups is 1. The Morgan fingerprint density at radius 2 is 1.38 bits per heavy atom. The molecule has 0 bridgehead atoms. The van der Waals surface area contributed by atoms with Crippen LogP contribution in [0, 0.1) is 12.8 Å². The Kier molecular flexibility index (Phi) is 9.73. The second-order valence-electron chi connectivity index (χ2n) is 13.4. The maximum Gasteiger partial charge on any atom is 0.256 e. The lowest BCUT2D eigenvalue weighted by atomic mass is 9.97. The number of benzene rings is 4. The van der Waals surface area contributed by atoms with Gasteiger partial charge in [0.25, 0.3) is 5.91 Å². The molecule has 1 aromatic heterocycles. The Labute approximate surface area is 284 Å². The van der Waals surface area contributed by atoms with E-state index >= 15 is 0 Å². The van der Waals surface area contributed by atoms with Gasteiger partial charge in [-0.25, -0.2) is 0 Å². The molecule has 5 aromatic rings. The number of amides is 1. The number of hydrogen-bond donors (Lipinski definition) is 1. The highest BCUT2D eigenvalue weighted by Gasteiger charge is 2.34. The van der Waals surface area contributed by atoms with Crippen LogP contribution in [0.3, 0.4) is 0 Å². The molecule has 0 aliphatic carbocycles. The topological polar surface area (TPSA) is 52.0 Å². The molecule has 6 heteroatoms. The number of piperidine rings is 1. The number of aromatic nitrogens is 1. The first-order valence-corrected chi connectivity index (χ1v) is 17.4. The summed E-state index contributed by atoms with van der Waals surface area (Å²) in [5.41, 5.74) is 8.55. The number of hydrogen-bond acceptors (Lipinski definition) is 4. The number of carbonyl (C=O) groups excluding carboxylic acids is 1. The van der Waals surface area contributed by atoms with Gasteiger partial charge in [-0.05, 0) is 73.1 Å². The molecular weight excluding hydrogens is 592 g/mol. The molecule has 6 nitrogen and oxygen atoms in total. The SMILES string of the molecule is Cc1cc(C(=O)N2CCN(Cc3ccccc3)C[C@H]2Cc2ccccc2)c(-c2ccccc2)n1-c1cccc(N2CCC(CO)CC2)c1. The normalized spacial score (nSPS) is 17.5. The van der Waals surface area contributed by atoms with Crippen LogP contribution < -0.4 is 4.90 Å². The van der Waals surface area contributed by atoms with Crippen LogP contribution in [-0.4, -0.2) is 70.8 Å². The Morgan fingerprint density at radius 1 is 0.729 bits per heavy atom. The molecule has 1 atom stereocenters. The predicted molar refractivity (Wildman–Crippen MR) is 195 cm³/mol. The molecule has 2 fully saturated rings. The third kappa shape index (κ3) is 6.96. The van der Waals surface area contributed by atoms with E-state index in [1.807, 2.05) is 6.07 Å². The fourth-order valence-corrected chi connectivity index (χ4v) is 7.61. The highest BCUT2D eigenvalue weighted by Crippen LogP contribution is 2.34. The molecule has 2 aliphatic heterocycles. The van der Waals surface area contributed by atoms with E-state index in [9.17, 15) is 9.90 Å². The number of piperazine rings is 1. The van der Waals surface area contributed by atoms with Gasteiger partial charge >= 0.3 is 0 Å². The summed E-state index contributed by atoms with van der Waals surface area (Å²) in [5.74, 6) is 0.485. The number of anilines is 1. The zero-order valence-electron chi connectivity index (χ0n) is 27.9. The minimum Gasteiger partial charge on any atom is -0.396 e. The van der Waals surface area contributed by atoms with Gasteiger partial charge in [0.05, 0.1) is 11.3 Å². The summed E-state index contributed by atoms with van der Waals surface area (Å²) in [5, 5.41) is 9.66. The Hall–Kier alpha value is -4.65. The molecule has 2 saturated heterocycles. The fraction of sp³-hybridized carbons (Fsp3) is 0.310. The van der Waals surface area contributed by atoms with Crippen molar-refractivity contribution in [3.05, 3.63) is 144 Å². The Bertz CT molecular complexity index is 1800. The van der Waals surface area contributed by atoms with Crippen molar-refractivity contribution >= 4 is 11.6 Å². The highest BCUT2D eigenvalue weighted by molar-refractivity contribution is 6.01. The minimum atomic E-state index is 0.0508. The van der Waals surface area contributed by atoms with Gasteiger partial charge in [0.15, 0.2) is 0 Å². The summed E-state index contributed by atoms with van der Waals surface area (Å²) in [4.78, 5) is 22.0. The van der Waals surface area contributed by atoms with Gasteiger partial charge < -0.3 is 19.5 Å². The zero-order valence-corrected chi connectivity index (χ0v) is 27.9. The molecule has 48 heavy (non-hydrogen) atoms. The molecule has 1 amide bonds. The van der Waals surface area contributed by atoms with Crippen LogP contribution in [0.25, 0.3) is 16.9 Å². The van der Waals surface area contributed by atoms with Gasteiger partial charge in [-0.3, -0.25) is 9.69 Å². The summed E-state index contributed by atoms with van der Waals surface area (Å²) < 4.78 is 2.27. The molecular formula is C42H46N4O2. The lowest BCUT2D eigenvalue weighted by molar-refractivity contribution is 0.0439. The Morgan fingerprint density at radius 3 is 2.06 bits per heavy atom. The second-order valence-corrected chi connectivity index (χ2v) is 13.4. The largest absolute Gasteiger partial charge is 0.396 e. The van der Waals surface area contributed by atoms with Crippen LogP contribution in [-0.2, 0) is 13.0 Å². The fourth-order valence-electron chi connectivity index (χ4n) is 7.61. The monoisotopic (exact) mass is 638 g/mol. The van der Waals surface area contributed by atoms with Gasteiger partial charge in [-0.2, -0.15) is 0 Å². The molecule has 4 aromatic carbocycles. The van der Waals surface area contributed by atoms with Crippen molar-refractivity contribution in [3.63, 3.8) is 0 Å². The average molecular weight is 639 g/mol. The molecule has 3 heterocycles. The first-order valence-electron chi connectivity index (χ1n) is 17.4. The van der Waals surface area contributed by atoms with E-state index in [1.165, 1.54) is 16.8 Å². The van der Waals surface area contributed by atoms with Crippen molar-refractivity contribution in [1.82, 2.24) is 14.4 Å². The summed E-state index contributed by atoms with van der Waals surface area (Å²) in [7, 11) is 0. The van der Waals surface area contributed by atoms with Gasteiger partial charge in [0.1, 0.15) is 0 Å². The van der Waals surface area contributed by atoms with Crippen LogP contribution in [0.1, 0.15) is 40.0 Å². The molecule has 2 aliphatic rings. The van der Waals surface area contributed by atoms with Crippen molar-refractivity contribution in [2.45, 2.75) is 38.8 Å². The second kappa shape index (κ2) is 14.6. The summed E-state index contributed by atoms with van der Waals surface area (Å²) in [6.45, 7) is 7.48. The predicted octanol–water partition coefficient (Wildman–Crippen LogP) is 7.23. The minimum absolute atomic E-state index is 0.0508. The number of rotatable bonds is 9. The van der Waals surface area contributed by atoms with Crippen molar-refractivity contribution in [2.75, 3.05) is 44.2 Å². The lowest BCUT2D eigenvalue weighted by Crippen LogP contribution is -2.55. The van der Waals surface area contributed by atoms with Crippen LogP contribution >= 0.6 is 0 Å².